The average molecular weight is 387 g/mol. The highest BCUT2D eigenvalue weighted by atomic mass is 32.2. The summed E-state index contributed by atoms with van der Waals surface area (Å²) in [6.45, 7) is 3.19. The number of nitrogens with one attached hydrogen (secondary N) is 1. The van der Waals surface area contributed by atoms with Gasteiger partial charge in [-0.15, -0.1) is 22.7 Å². The van der Waals surface area contributed by atoms with E-state index in [0.29, 0.717) is 31.1 Å². The minimum Gasteiger partial charge on any atom is -0.335 e. The highest BCUT2D eigenvalue weighted by Crippen LogP contribution is 2.31. The van der Waals surface area contributed by atoms with E-state index in [4.69, 9.17) is 0 Å². The number of piperazine rings is 1. The molecule has 1 fully saturated rings. The Hall–Kier alpha value is -1.33. The fraction of sp³-hybridized carbons (Fsp3) is 0.429. The van der Waals surface area contributed by atoms with E-state index in [1.165, 1.54) is 22.7 Å². The summed E-state index contributed by atoms with van der Waals surface area (Å²) in [5.41, 5.74) is 0.721. The topological polar surface area (TPSA) is 82.6 Å². The van der Waals surface area contributed by atoms with Crippen LogP contribution in [0.5, 0.6) is 0 Å². The number of nitrogens with zero attached hydrogens (tertiary/aromatic N) is 3. The minimum atomic E-state index is -3.43. The Labute approximate surface area is 149 Å². The van der Waals surface area contributed by atoms with Crippen LogP contribution >= 0.6 is 22.7 Å². The molecule has 0 saturated carbocycles. The Morgan fingerprint density at radius 1 is 1.29 bits per heavy atom. The standard InChI is InChI=1S/C14H18N4O3S3/c1-10-12(23-13(16-10)11-4-3-9-22-11)14(19)17-5-7-18(8-6-17)24(20,21)15-2/h3-4,9,15H,5-8H2,1-2H3. The number of aromatic nitrogens is 1. The molecule has 0 spiro atoms. The number of aryl methyl sites for hydroxylation is 1. The number of thiophene rings is 1. The fourth-order valence-electron chi connectivity index (χ4n) is 2.50. The molecule has 1 saturated heterocycles. The number of thiazole rings is 1. The molecule has 2 aromatic heterocycles. The van der Waals surface area contributed by atoms with E-state index in [1.807, 2.05) is 24.4 Å². The summed E-state index contributed by atoms with van der Waals surface area (Å²) in [5.74, 6) is -0.0747. The second-order valence-corrected chi connectivity index (χ2v) is 9.13. The summed E-state index contributed by atoms with van der Waals surface area (Å²) in [6.07, 6.45) is 0. The molecule has 7 nitrogen and oxygen atoms in total. The van der Waals surface area contributed by atoms with E-state index < -0.39 is 10.2 Å². The summed E-state index contributed by atoms with van der Waals surface area (Å²) in [6, 6.07) is 3.94. The molecular weight excluding hydrogens is 368 g/mol. The van der Waals surface area contributed by atoms with Gasteiger partial charge in [-0.25, -0.2) is 9.71 Å². The zero-order valence-electron chi connectivity index (χ0n) is 13.4. The highest BCUT2D eigenvalue weighted by Gasteiger charge is 2.30. The predicted octanol–water partition coefficient (Wildman–Crippen LogP) is 1.40. The Balaban J connectivity index is 1.72. The second kappa shape index (κ2) is 6.89. The van der Waals surface area contributed by atoms with Crippen LogP contribution < -0.4 is 4.72 Å². The molecule has 0 atom stereocenters. The minimum absolute atomic E-state index is 0.0747. The molecular formula is C14H18N4O3S3. The van der Waals surface area contributed by atoms with Crippen molar-refractivity contribution in [3.8, 4) is 9.88 Å². The third kappa shape index (κ3) is 3.38. The lowest BCUT2D eigenvalue weighted by molar-refractivity contribution is 0.0701. The maximum Gasteiger partial charge on any atom is 0.279 e. The van der Waals surface area contributed by atoms with Gasteiger partial charge < -0.3 is 4.90 Å². The van der Waals surface area contributed by atoms with Gasteiger partial charge >= 0.3 is 0 Å². The van der Waals surface area contributed by atoms with E-state index in [2.05, 4.69) is 9.71 Å². The van der Waals surface area contributed by atoms with Gasteiger partial charge in [-0.05, 0) is 18.4 Å². The quantitative estimate of drug-likeness (QED) is 0.861. The molecule has 1 amide bonds. The van der Waals surface area contributed by atoms with E-state index in [1.54, 1.807) is 16.2 Å². The molecule has 1 N–H and O–H groups in total. The first kappa shape index (κ1) is 17.5. The summed E-state index contributed by atoms with van der Waals surface area (Å²) in [7, 11) is -2.04. The van der Waals surface area contributed by atoms with Gasteiger partial charge in [0, 0.05) is 33.2 Å². The Kier molecular flexibility index (Phi) is 5.02. The molecule has 130 valence electrons. The van der Waals surface area contributed by atoms with Crippen molar-refractivity contribution in [3.05, 3.63) is 28.1 Å². The van der Waals surface area contributed by atoms with Crippen LogP contribution in [0.2, 0.25) is 0 Å². The van der Waals surface area contributed by atoms with Crippen molar-refractivity contribution in [2.24, 2.45) is 0 Å². The van der Waals surface area contributed by atoms with E-state index >= 15 is 0 Å². The molecule has 0 radical (unpaired) electrons. The van der Waals surface area contributed by atoms with Crippen molar-refractivity contribution in [2.45, 2.75) is 6.92 Å². The molecule has 1 aliphatic heterocycles. The monoisotopic (exact) mass is 386 g/mol. The van der Waals surface area contributed by atoms with Crippen LogP contribution in [0, 0.1) is 6.92 Å². The second-order valence-electron chi connectivity index (χ2n) is 5.31. The van der Waals surface area contributed by atoms with Crippen LogP contribution in [-0.2, 0) is 10.2 Å². The van der Waals surface area contributed by atoms with Crippen LogP contribution in [0.1, 0.15) is 15.4 Å². The summed E-state index contributed by atoms with van der Waals surface area (Å²) in [5, 5.41) is 2.83. The summed E-state index contributed by atoms with van der Waals surface area (Å²) >= 11 is 2.99. The fourth-order valence-corrected chi connectivity index (χ4v) is 5.24. The lowest BCUT2D eigenvalue weighted by Gasteiger charge is -2.33. The largest absolute Gasteiger partial charge is 0.335 e. The summed E-state index contributed by atoms with van der Waals surface area (Å²) in [4.78, 5) is 20.6. The van der Waals surface area contributed by atoms with Crippen LogP contribution in [0.3, 0.4) is 0 Å². The first-order valence-electron chi connectivity index (χ1n) is 7.41. The third-order valence-corrected chi connectivity index (χ3v) is 7.59. The van der Waals surface area contributed by atoms with Gasteiger partial charge in [0.05, 0.1) is 10.6 Å². The van der Waals surface area contributed by atoms with Crippen molar-refractivity contribution in [3.63, 3.8) is 0 Å². The maximum atomic E-state index is 12.7. The van der Waals surface area contributed by atoms with Crippen molar-refractivity contribution in [1.82, 2.24) is 18.9 Å². The lowest BCUT2D eigenvalue weighted by Crippen LogP contribution is -2.52. The smallest absolute Gasteiger partial charge is 0.279 e. The predicted molar refractivity (Wildman–Crippen MR) is 95.6 cm³/mol. The molecule has 0 aromatic carbocycles. The highest BCUT2D eigenvalue weighted by molar-refractivity contribution is 7.87. The van der Waals surface area contributed by atoms with Gasteiger partial charge in [-0.1, -0.05) is 6.07 Å². The van der Waals surface area contributed by atoms with Gasteiger partial charge in [0.25, 0.3) is 16.1 Å². The average Bonchev–Trinajstić information content (AvgIpc) is 3.23. The van der Waals surface area contributed by atoms with Gasteiger partial charge in [0.1, 0.15) is 9.88 Å². The zero-order chi connectivity index (χ0) is 17.3. The number of hydrogen-bond donors (Lipinski definition) is 1. The van der Waals surface area contributed by atoms with E-state index in [0.717, 1.165) is 15.6 Å². The van der Waals surface area contributed by atoms with Crippen LogP contribution in [0.25, 0.3) is 9.88 Å². The van der Waals surface area contributed by atoms with Crippen LogP contribution in [-0.4, -0.2) is 61.7 Å². The molecule has 1 aliphatic rings. The number of hydrogen-bond acceptors (Lipinski definition) is 6. The molecule has 24 heavy (non-hydrogen) atoms. The Morgan fingerprint density at radius 3 is 2.58 bits per heavy atom. The first-order valence-corrected chi connectivity index (χ1v) is 10.5. The van der Waals surface area contributed by atoms with E-state index in [9.17, 15) is 13.2 Å². The Morgan fingerprint density at radius 2 is 2.00 bits per heavy atom. The zero-order valence-corrected chi connectivity index (χ0v) is 15.8. The van der Waals surface area contributed by atoms with Crippen LogP contribution in [0.15, 0.2) is 17.5 Å². The molecule has 2 aromatic rings. The van der Waals surface area contributed by atoms with Gasteiger partial charge in [0.15, 0.2) is 0 Å². The first-order chi connectivity index (χ1) is 11.4. The van der Waals surface area contributed by atoms with Crippen molar-refractivity contribution in [1.29, 1.82) is 0 Å². The lowest BCUT2D eigenvalue weighted by atomic mass is 10.3. The molecule has 0 unspecified atom stereocenters. The van der Waals surface area contributed by atoms with Crippen molar-refractivity contribution >= 4 is 38.8 Å². The van der Waals surface area contributed by atoms with Gasteiger partial charge in [-0.3, -0.25) is 4.79 Å². The molecule has 3 rings (SSSR count). The number of rotatable bonds is 4. The van der Waals surface area contributed by atoms with Crippen molar-refractivity contribution in [2.75, 3.05) is 33.2 Å². The van der Waals surface area contributed by atoms with E-state index in [-0.39, 0.29) is 5.91 Å². The molecule has 0 aliphatic carbocycles. The third-order valence-electron chi connectivity index (χ3n) is 3.85. The van der Waals surface area contributed by atoms with Gasteiger partial charge in [-0.2, -0.15) is 12.7 Å². The normalized spacial score (nSPS) is 16.5. The number of carbonyl (C=O) groups excluding carboxylic acids is 1. The number of amides is 1. The molecule has 3 heterocycles. The molecule has 10 heteroatoms. The maximum absolute atomic E-state index is 12.7. The van der Waals surface area contributed by atoms with Crippen LogP contribution in [0.4, 0.5) is 0 Å². The van der Waals surface area contributed by atoms with Gasteiger partial charge in [0.2, 0.25) is 0 Å². The Bertz CT molecular complexity index is 822. The SMILES string of the molecule is CNS(=O)(=O)N1CCN(C(=O)c2sc(-c3cccs3)nc2C)CC1. The summed E-state index contributed by atoms with van der Waals surface area (Å²) < 4.78 is 27.2. The number of carbonyl (C=O) groups is 1. The van der Waals surface area contributed by atoms with Crippen molar-refractivity contribution < 1.29 is 13.2 Å². The molecule has 0 bridgehead atoms.